The first-order chi connectivity index (χ1) is 12.6. The van der Waals surface area contributed by atoms with Crippen molar-refractivity contribution in [3.05, 3.63) is 58.8 Å². The number of benzene rings is 1. The van der Waals surface area contributed by atoms with Crippen LogP contribution >= 0.6 is 11.3 Å². The van der Waals surface area contributed by atoms with Crippen molar-refractivity contribution in [3.8, 4) is 5.75 Å². The molecule has 2 amide bonds. The molecule has 1 aromatic heterocycles. The number of hydrogen-bond donors (Lipinski definition) is 0. The topological polar surface area (TPSA) is 63.7 Å². The number of anilines is 1. The second-order valence-electron chi connectivity index (χ2n) is 6.87. The van der Waals surface area contributed by atoms with Gasteiger partial charge in [-0.1, -0.05) is 18.2 Å². The molecule has 2 fully saturated rings. The highest BCUT2D eigenvalue weighted by atomic mass is 32.1. The number of imide groups is 1. The van der Waals surface area contributed by atoms with E-state index in [2.05, 4.69) is 12.2 Å². The van der Waals surface area contributed by atoms with E-state index in [1.807, 2.05) is 5.38 Å². The van der Waals surface area contributed by atoms with E-state index in [0.717, 1.165) is 6.42 Å². The van der Waals surface area contributed by atoms with Gasteiger partial charge in [-0.2, -0.15) is 0 Å². The summed E-state index contributed by atoms with van der Waals surface area (Å²) in [7, 11) is 0. The maximum Gasteiger partial charge on any atom is 0.353 e. The number of hydrogen-bond acceptors (Lipinski definition) is 5. The zero-order valence-corrected chi connectivity index (χ0v) is 14.5. The summed E-state index contributed by atoms with van der Waals surface area (Å²) < 4.78 is 5.32. The SMILES string of the molecule is O=C(Oc1ccc(N2C(=O)[C@@H]3[C@@H](C2=O)[C@H]2C=C[C@H]3C2)cc1)c1cccs1. The van der Waals surface area contributed by atoms with Crippen LogP contribution in [-0.4, -0.2) is 17.8 Å². The highest BCUT2D eigenvalue weighted by Crippen LogP contribution is 2.53. The zero-order valence-electron chi connectivity index (χ0n) is 13.7. The molecule has 6 heteroatoms. The largest absolute Gasteiger partial charge is 0.422 e. The number of ether oxygens (including phenoxy) is 1. The van der Waals surface area contributed by atoms with Gasteiger partial charge in [0, 0.05) is 0 Å². The summed E-state index contributed by atoms with van der Waals surface area (Å²) in [6.45, 7) is 0. The van der Waals surface area contributed by atoms with Crippen molar-refractivity contribution in [2.45, 2.75) is 6.42 Å². The van der Waals surface area contributed by atoms with Crippen LogP contribution in [0.5, 0.6) is 5.75 Å². The minimum Gasteiger partial charge on any atom is -0.422 e. The highest BCUT2D eigenvalue weighted by molar-refractivity contribution is 7.12. The summed E-state index contributed by atoms with van der Waals surface area (Å²) in [4.78, 5) is 39.4. The minimum absolute atomic E-state index is 0.111. The Labute approximate surface area is 153 Å². The number of carbonyl (C=O) groups excluding carboxylic acids is 3. The first-order valence-electron chi connectivity index (χ1n) is 8.55. The van der Waals surface area contributed by atoms with Crippen molar-refractivity contribution in [2.24, 2.45) is 23.7 Å². The fraction of sp³-hybridized carbons (Fsp3) is 0.250. The van der Waals surface area contributed by atoms with Crippen molar-refractivity contribution in [3.63, 3.8) is 0 Å². The van der Waals surface area contributed by atoms with E-state index >= 15 is 0 Å². The van der Waals surface area contributed by atoms with Gasteiger partial charge >= 0.3 is 5.97 Å². The van der Waals surface area contributed by atoms with E-state index in [0.29, 0.717) is 16.3 Å². The van der Waals surface area contributed by atoms with Gasteiger partial charge in [0.2, 0.25) is 11.8 Å². The van der Waals surface area contributed by atoms with E-state index in [1.54, 1.807) is 36.4 Å². The molecule has 3 aliphatic rings. The zero-order chi connectivity index (χ0) is 17.8. The third-order valence-electron chi connectivity index (χ3n) is 5.50. The Balaban J connectivity index is 1.36. The highest BCUT2D eigenvalue weighted by Gasteiger charge is 2.59. The predicted octanol–water partition coefficient (Wildman–Crippen LogP) is 3.28. The number of rotatable bonds is 3. The van der Waals surface area contributed by atoms with Crippen molar-refractivity contribution in [1.82, 2.24) is 0 Å². The second-order valence-corrected chi connectivity index (χ2v) is 7.82. The number of carbonyl (C=O) groups is 3. The molecule has 0 N–H and O–H groups in total. The molecule has 1 saturated heterocycles. The third-order valence-corrected chi connectivity index (χ3v) is 6.35. The second kappa shape index (κ2) is 5.64. The van der Waals surface area contributed by atoms with E-state index < -0.39 is 5.97 Å². The van der Waals surface area contributed by atoms with Gasteiger partial charge in [0.25, 0.3) is 0 Å². The van der Waals surface area contributed by atoms with Gasteiger partial charge in [0.05, 0.1) is 17.5 Å². The molecular formula is C20H15NO4S. The lowest BCUT2D eigenvalue weighted by atomic mass is 9.85. The molecule has 2 aliphatic carbocycles. The third kappa shape index (κ3) is 2.18. The Kier molecular flexibility index (Phi) is 3.37. The monoisotopic (exact) mass is 365 g/mol. The smallest absolute Gasteiger partial charge is 0.353 e. The molecule has 26 heavy (non-hydrogen) atoms. The van der Waals surface area contributed by atoms with Crippen LogP contribution in [0.25, 0.3) is 0 Å². The molecular weight excluding hydrogens is 350 g/mol. The van der Waals surface area contributed by atoms with Crippen LogP contribution in [-0.2, 0) is 9.59 Å². The number of fused-ring (bicyclic) bond motifs is 5. The average Bonchev–Trinajstić information content (AvgIpc) is 3.41. The fourth-order valence-corrected chi connectivity index (χ4v) is 4.97. The molecule has 130 valence electrons. The maximum atomic E-state index is 12.8. The van der Waals surface area contributed by atoms with E-state index in [4.69, 9.17) is 4.74 Å². The van der Waals surface area contributed by atoms with Crippen LogP contribution in [0.2, 0.25) is 0 Å². The van der Waals surface area contributed by atoms with Gasteiger partial charge in [0.15, 0.2) is 0 Å². The summed E-state index contributed by atoms with van der Waals surface area (Å²) in [6.07, 6.45) is 5.07. The van der Waals surface area contributed by atoms with Crippen LogP contribution in [0.1, 0.15) is 16.1 Å². The lowest BCUT2D eigenvalue weighted by molar-refractivity contribution is -0.123. The summed E-state index contributed by atoms with van der Waals surface area (Å²) in [5, 5.41) is 1.81. The van der Waals surface area contributed by atoms with Crippen molar-refractivity contribution >= 4 is 34.8 Å². The summed E-state index contributed by atoms with van der Waals surface area (Å²) in [5.41, 5.74) is 0.532. The fourth-order valence-electron chi connectivity index (χ4n) is 4.37. The normalized spacial score (nSPS) is 28.7. The van der Waals surface area contributed by atoms with E-state index in [9.17, 15) is 14.4 Å². The molecule has 2 bridgehead atoms. The summed E-state index contributed by atoms with van der Waals surface area (Å²) >= 11 is 1.31. The number of nitrogens with zero attached hydrogens (tertiary/aromatic N) is 1. The van der Waals surface area contributed by atoms with Gasteiger partial charge in [0.1, 0.15) is 10.6 Å². The average molecular weight is 365 g/mol. The van der Waals surface area contributed by atoms with Gasteiger partial charge < -0.3 is 4.74 Å². The van der Waals surface area contributed by atoms with Crippen LogP contribution in [0.15, 0.2) is 53.9 Å². The summed E-state index contributed by atoms with van der Waals surface area (Å²) in [6, 6.07) is 10.0. The van der Waals surface area contributed by atoms with Gasteiger partial charge in [-0.15, -0.1) is 11.3 Å². The van der Waals surface area contributed by atoms with E-state index in [1.165, 1.54) is 16.2 Å². The van der Waals surface area contributed by atoms with Crippen LogP contribution in [0.3, 0.4) is 0 Å². The molecule has 4 atom stereocenters. The lowest BCUT2D eigenvalue weighted by Crippen LogP contribution is -2.32. The van der Waals surface area contributed by atoms with Crippen molar-refractivity contribution in [2.75, 3.05) is 4.90 Å². The number of thiophene rings is 1. The Bertz CT molecular complexity index is 901. The minimum atomic E-state index is -0.418. The predicted molar refractivity (Wildman–Crippen MR) is 95.9 cm³/mol. The van der Waals surface area contributed by atoms with Gasteiger partial charge in [-0.05, 0) is 54.0 Å². The standard InChI is InChI=1S/C20H15NO4S/c22-18-16-11-3-4-12(10-11)17(16)19(23)21(18)13-5-7-14(8-6-13)25-20(24)15-2-1-9-26-15/h1-9,11-12,16-17H,10H2/t11-,12-,16-,17-/m0/s1. The Morgan fingerprint density at radius 2 is 1.65 bits per heavy atom. The molecule has 1 aliphatic heterocycles. The van der Waals surface area contributed by atoms with Crippen LogP contribution in [0.4, 0.5) is 5.69 Å². The Morgan fingerprint density at radius 1 is 1.00 bits per heavy atom. The maximum absolute atomic E-state index is 12.8. The van der Waals surface area contributed by atoms with Crippen molar-refractivity contribution < 1.29 is 19.1 Å². The quantitative estimate of drug-likeness (QED) is 0.362. The van der Waals surface area contributed by atoms with Gasteiger partial charge in [-0.25, -0.2) is 4.79 Å². The lowest BCUT2D eigenvalue weighted by Gasteiger charge is -2.17. The molecule has 1 saturated carbocycles. The summed E-state index contributed by atoms with van der Waals surface area (Å²) in [5.74, 6) is -0.301. The van der Waals surface area contributed by atoms with Crippen LogP contribution in [0, 0.1) is 23.7 Å². The Hall–Kier alpha value is -2.73. The molecule has 0 unspecified atom stereocenters. The molecule has 1 aromatic carbocycles. The first kappa shape index (κ1) is 15.5. The van der Waals surface area contributed by atoms with Gasteiger partial charge in [-0.3, -0.25) is 14.5 Å². The molecule has 5 nitrogen and oxygen atoms in total. The first-order valence-corrected chi connectivity index (χ1v) is 9.43. The number of amides is 2. The molecule has 5 rings (SSSR count). The number of allylic oxidation sites excluding steroid dienone is 2. The van der Waals surface area contributed by atoms with Crippen LogP contribution < -0.4 is 9.64 Å². The molecule has 0 radical (unpaired) electrons. The molecule has 0 spiro atoms. The van der Waals surface area contributed by atoms with E-state index in [-0.39, 0.29) is 35.5 Å². The molecule has 2 heterocycles. The molecule has 2 aromatic rings. The Morgan fingerprint density at radius 3 is 2.23 bits per heavy atom. The van der Waals surface area contributed by atoms with Crippen molar-refractivity contribution in [1.29, 1.82) is 0 Å². The number of esters is 1.